The average Bonchev–Trinajstić information content (AvgIpc) is 3.33. The van der Waals surface area contributed by atoms with Gasteiger partial charge >= 0.3 is 15.2 Å². The molecule has 8 nitrogen and oxygen atoms in total. The molecule has 12 heteroatoms. The number of hydrogen-bond acceptors (Lipinski definition) is 8. The van der Waals surface area contributed by atoms with Gasteiger partial charge in [0.2, 0.25) is 0 Å². The van der Waals surface area contributed by atoms with Crippen molar-refractivity contribution in [1.82, 2.24) is 0 Å². The molecule has 0 saturated carbocycles. The van der Waals surface area contributed by atoms with E-state index < -0.39 is 31.5 Å². The van der Waals surface area contributed by atoms with Crippen molar-refractivity contribution in [3.8, 4) is 22.6 Å². The van der Waals surface area contributed by atoms with Gasteiger partial charge in [-0.25, -0.2) is 0 Å². The predicted molar refractivity (Wildman–Crippen MR) is 267 cm³/mol. The van der Waals surface area contributed by atoms with Crippen molar-refractivity contribution in [2.24, 2.45) is 0 Å². The molecule has 8 aromatic carbocycles. The monoisotopic (exact) mass is 926 g/mol. The molecule has 0 unspecified atom stereocenters. The van der Waals surface area contributed by atoms with Crippen LogP contribution in [0.25, 0.3) is 32.7 Å². The van der Waals surface area contributed by atoms with Gasteiger partial charge in [0, 0.05) is 32.3 Å². The van der Waals surface area contributed by atoms with Crippen LogP contribution >= 0.6 is 31.5 Å². The highest BCUT2D eigenvalue weighted by molar-refractivity contribution is 7.69. The summed E-state index contributed by atoms with van der Waals surface area (Å²) in [6.45, 7) is 7.88. The van der Waals surface area contributed by atoms with Gasteiger partial charge in [-0.15, -0.1) is 0 Å². The van der Waals surface area contributed by atoms with E-state index in [2.05, 4.69) is 48.5 Å². The molecule has 0 aliphatic rings. The first kappa shape index (κ1) is 45.6. The van der Waals surface area contributed by atoms with E-state index in [1.807, 2.05) is 161 Å². The van der Waals surface area contributed by atoms with Crippen LogP contribution in [0.3, 0.4) is 0 Å². The van der Waals surface area contributed by atoms with Crippen molar-refractivity contribution in [2.75, 3.05) is 26.4 Å². The van der Waals surface area contributed by atoms with Gasteiger partial charge in [0.05, 0.1) is 37.0 Å². The highest BCUT2D eigenvalue weighted by Gasteiger charge is 2.36. The maximum absolute atomic E-state index is 15.1. The fraction of sp³-hybridized carbons (Fsp3) is 0.154. The fourth-order valence-corrected chi connectivity index (χ4v) is 14.8. The second-order valence-corrected chi connectivity index (χ2v) is 22.0. The van der Waals surface area contributed by atoms with E-state index in [1.165, 1.54) is 0 Å². The second-order valence-electron chi connectivity index (χ2n) is 14.4. The largest absolute Gasteiger partial charge is 0.464 e. The summed E-state index contributed by atoms with van der Waals surface area (Å²) in [5.41, 5.74) is 1.38. The lowest BCUT2D eigenvalue weighted by molar-refractivity contribution is 0.229. The van der Waals surface area contributed by atoms with Crippen molar-refractivity contribution >= 4 is 84.9 Å². The second kappa shape index (κ2) is 20.9. The molecular weight excluding hydrogens is 876 g/mol. The van der Waals surface area contributed by atoms with Crippen molar-refractivity contribution in [3.05, 3.63) is 182 Å². The molecule has 8 aromatic rings. The Kier molecular flexibility index (Phi) is 14.9. The molecule has 0 amide bonds. The lowest BCUT2D eigenvalue weighted by Crippen LogP contribution is -2.19. The van der Waals surface area contributed by atoms with Crippen LogP contribution in [0, 0.1) is 0 Å². The van der Waals surface area contributed by atoms with Gasteiger partial charge < -0.3 is 27.1 Å². The highest BCUT2D eigenvalue weighted by Crippen LogP contribution is 2.57. The van der Waals surface area contributed by atoms with Crippen LogP contribution in [-0.4, -0.2) is 26.4 Å². The number of hydrogen-bond donors (Lipinski definition) is 0. The van der Waals surface area contributed by atoms with Crippen LogP contribution in [0.5, 0.6) is 11.5 Å². The minimum absolute atomic E-state index is 0.163. The van der Waals surface area contributed by atoms with Gasteiger partial charge in [0.15, 0.2) is 16.3 Å². The Hall–Kier alpha value is -4.96. The molecule has 0 bridgehead atoms. The summed E-state index contributed by atoms with van der Waals surface area (Å²) in [5, 5.41) is 7.48. The molecular formula is C52H50O8P4. The quantitative estimate of drug-likeness (QED) is 0.0741. The lowest BCUT2D eigenvalue weighted by atomic mass is 9.92. The first-order valence-corrected chi connectivity index (χ1v) is 27.0. The molecule has 0 saturated heterocycles. The van der Waals surface area contributed by atoms with Crippen LogP contribution in [-0.2, 0) is 27.2 Å². The molecule has 0 atom stereocenters. The predicted octanol–water partition coefficient (Wildman–Crippen LogP) is 12.3. The molecule has 0 spiro atoms. The van der Waals surface area contributed by atoms with Gasteiger partial charge in [0.25, 0.3) is 0 Å². The summed E-state index contributed by atoms with van der Waals surface area (Å²) in [6, 6.07) is 59.8. The van der Waals surface area contributed by atoms with Crippen molar-refractivity contribution < 1.29 is 36.3 Å². The number of fused-ring (bicyclic) bond motifs is 2. The zero-order valence-electron chi connectivity index (χ0n) is 36.2. The SMILES string of the molecule is CCOP(=O)(OCC)c1cc(OP(c2ccccc2)c2ccccc2)c(-c2c(OP(c3ccccc3)c3ccccc3)cc(P(=O)(OCC)OCC)c3ccccc23)c2ccccc12. The Morgan fingerprint density at radius 2 is 0.609 bits per heavy atom. The topological polar surface area (TPSA) is 89.5 Å². The van der Waals surface area contributed by atoms with Crippen LogP contribution in [0.4, 0.5) is 0 Å². The van der Waals surface area contributed by atoms with Crippen LogP contribution in [0.15, 0.2) is 182 Å². The normalized spacial score (nSPS) is 12.0. The Morgan fingerprint density at radius 1 is 0.359 bits per heavy atom. The zero-order chi connectivity index (χ0) is 44.5. The van der Waals surface area contributed by atoms with E-state index in [0.717, 1.165) is 32.0 Å². The molecule has 0 aliphatic heterocycles. The summed E-state index contributed by atoms with van der Waals surface area (Å²) >= 11 is 0. The highest BCUT2D eigenvalue weighted by atomic mass is 31.2. The van der Waals surface area contributed by atoms with Gasteiger partial charge in [-0.3, -0.25) is 9.13 Å². The minimum Gasteiger partial charge on any atom is -0.464 e. The minimum atomic E-state index is -3.92. The number of rotatable bonds is 19. The van der Waals surface area contributed by atoms with Crippen molar-refractivity contribution in [3.63, 3.8) is 0 Å². The van der Waals surface area contributed by atoms with Crippen LogP contribution in [0.1, 0.15) is 27.7 Å². The van der Waals surface area contributed by atoms with E-state index in [0.29, 0.717) is 44.0 Å². The molecule has 0 fully saturated rings. The third kappa shape index (κ3) is 9.54. The fourth-order valence-electron chi connectivity index (χ4n) is 7.77. The molecule has 326 valence electrons. The summed E-state index contributed by atoms with van der Waals surface area (Å²) in [4.78, 5) is 0. The summed E-state index contributed by atoms with van der Waals surface area (Å²) in [7, 11) is -10.9. The Bertz CT molecular complexity index is 2620. The summed E-state index contributed by atoms with van der Waals surface area (Å²) < 4.78 is 69.5. The van der Waals surface area contributed by atoms with E-state index in [-0.39, 0.29) is 26.4 Å². The van der Waals surface area contributed by atoms with Crippen LogP contribution in [0.2, 0.25) is 0 Å². The Balaban J connectivity index is 1.53. The summed E-state index contributed by atoms with van der Waals surface area (Å²) in [5.74, 6) is 0.882. The van der Waals surface area contributed by atoms with Crippen LogP contribution < -0.4 is 40.9 Å². The third-order valence-corrected chi connectivity index (χ3v) is 18.5. The van der Waals surface area contributed by atoms with Crippen molar-refractivity contribution in [1.29, 1.82) is 0 Å². The number of benzene rings is 8. The molecule has 0 N–H and O–H groups in total. The first-order chi connectivity index (χ1) is 31.3. The van der Waals surface area contributed by atoms with E-state index >= 15 is 9.13 Å². The van der Waals surface area contributed by atoms with E-state index in [1.54, 1.807) is 0 Å². The lowest BCUT2D eigenvalue weighted by Gasteiger charge is -2.28. The summed E-state index contributed by atoms with van der Waals surface area (Å²) in [6.07, 6.45) is 0. The third-order valence-electron chi connectivity index (χ3n) is 10.4. The first-order valence-electron chi connectivity index (χ1n) is 21.4. The molecule has 64 heavy (non-hydrogen) atoms. The Labute approximate surface area is 378 Å². The molecule has 8 rings (SSSR count). The molecule has 0 heterocycles. The molecule has 0 aromatic heterocycles. The van der Waals surface area contributed by atoms with Crippen molar-refractivity contribution in [2.45, 2.75) is 27.7 Å². The van der Waals surface area contributed by atoms with E-state index in [4.69, 9.17) is 27.1 Å². The van der Waals surface area contributed by atoms with Gasteiger partial charge in [-0.2, -0.15) is 0 Å². The van der Waals surface area contributed by atoms with Gasteiger partial charge in [-0.1, -0.05) is 170 Å². The standard InChI is InChI=1S/C52H50O8P4/c1-5-55-63(53,56-6-2)49-37-47(59-61(39-25-13-9-14-26-39)40-27-15-10-16-28-40)51(45-35-23-21-33-43(45)49)52-46-36-24-22-34-44(46)50(64(54,57-7-3)58-8-4)38-48(52)60-62(41-29-17-11-18-30-41)42-31-19-12-20-32-42/h9-38H,5-8H2,1-4H3. The smallest absolute Gasteiger partial charge is 0.362 e. The van der Waals surface area contributed by atoms with Gasteiger partial charge in [-0.05, 0) is 61.4 Å². The van der Waals surface area contributed by atoms with E-state index in [9.17, 15) is 0 Å². The zero-order valence-corrected chi connectivity index (χ0v) is 39.8. The molecule has 0 aliphatic carbocycles. The Morgan fingerprint density at radius 3 is 0.875 bits per heavy atom. The molecule has 0 radical (unpaired) electrons. The maximum Gasteiger partial charge on any atom is 0.362 e. The van der Waals surface area contributed by atoms with Gasteiger partial charge in [0.1, 0.15) is 11.5 Å². The average molecular weight is 927 g/mol. The maximum atomic E-state index is 15.1.